The van der Waals surface area contributed by atoms with Gasteiger partial charge in [-0.05, 0) is 36.6 Å². The average Bonchev–Trinajstić information content (AvgIpc) is 2.92. The lowest BCUT2D eigenvalue weighted by Gasteiger charge is -2.33. The Labute approximate surface area is 230 Å². The second-order valence-corrected chi connectivity index (χ2v) is 11.3. The van der Waals surface area contributed by atoms with Gasteiger partial charge in [-0.15, -0.1) is 0 Å². The summed E-state index contributed by atoms with van der Waals surface area (Å²) in [6, 6.07) is 23.9. The van der Waals surface area contributed by atoms with Crippen molar-refractivity contribution in [2.75, 3.05) is 23.7 Å². The number of rotatable bonds is 13. The topological polar surface area (TPSA) is 104 Å². The van der Waals surface area contributed by atoms with Crippen LogP contribution in [0, 0.1) is 0 Å². The van der Waals surface area contributed by atoms with Gasteiger partial charge in [-0.1, -0.05) is 79.7 Å². The molecule has 3 aromatic carbocycles. The molecule has 3 aromatic rings. The Bertz CT molecular complexity index is 1380. The smallest absolute Gasteiger partial charge is 0.244 e. The Kier molecular flexibility index (Phi) is 10.4. The summed E-state index contributed by atoms with van der Waals surface area (Å²) in [5.74, 6) is -1.07. The number of carbonyl (C=O) groups is 3. The third-order valence-electron chi connectivity index (χ3n) is 6.24. The monoisotopic (exact) mass is 549 g/mol. The number of Topliss-reactive ketones (excluding diaryl/α,β-unsaturated/α-hetero) is 1. The van der Waals surface area contributed by atoms with Crippen LogP contribution < -0.4 is 9.62 Å². The number of nitrogens with one attached hydrogen (secondary N) is 1. The van der Waals surface area contributed by atoms with Crippen molar-refractivity contribution >= 4 is 33.3 Å². The predicted octanol–water partition coefficient (Wildman–Crippen LogP) is 3.82. The maximum Gasteiger partial charge on any atom is 0.244 e. The van der Waals surface area contributed by atoms with E-state index in [1.54, 1.807) is 12.1 Å². The number of amides is 2. The minimum Gasteiger partial charge on any atom is -0.354 e. The quantitative estimate of drug-likeness (QED) is 0.327. The molecule has 0 heterocycles. The number of ketones is 1. The summed E-state index contributed by atoms with van der Waals surface area (Å²) in [6.07, 6.45) is 2.00. The van der Waals surface area contributed by atoms with E-state index in [1.807, 2.05) is 67.6 Å². The Hall–Kier alpha value is -3.98. The van der Waals surface area contributed by atoms with Crippen LogP contribution in [0.4, 0.5) is 5.69 Å². The van der Waals surface area contributed by atoms with Crippen LogP contribution in [-0.4, -0.2) is 56.3 Å². The first-order chi connectivity index (χ1) is 18.6. The highest BCUT2D eigenvalue weighted by Crippen LogP contribution is 2.22. The van der Waals surface area contributed by atoms with E-state index in [4.69, 9.17) is 0 Å². The Morgan fingerprint density at radius 2 is 1.49 bits per heavy atom. The normalized spacial score (nSPS) is 11.9. The van der Waals surface area contributed by atoms with Gasteiger partial charge in [0.25, 0.3) is 0 Å². The van der Waals surface area contributed by atoms with E-state index in [-0.39, 0.29) is 30.3 Å². The summed E-state index contributed by atoms with van der Waals surface area (Å²) in [4.78, 5) is 40.8. The highest BCUT2D eigenvalue weighted by Gasteiger charge is 2.33. The molecular formula is C30H35N3O5S. The fourth-order valence-corrected chi connectivity index (χ4v) is 5.04. The summed E-state index contributed by atoms with van der Waals surface area (Å²) in [6.45, 7) is 3.37. The third kappa shape index (κ3) is 8.51. The number of anilines is 1. The van der Waals surface area contributed by atoms with E-state index in [1.165, 1.54) is 24.0 Å². The Morgan fingerprint density at radius 3 is 2.05 bits per heavy atom. The van der Waals surface area contributed by atoms with Crippen molar-refractivity contribution in [3.63, 3.8) is 0 Å². The van der Waals surface area contributed by atoms with Crippen LogP contribution in [-0.2, 0) is 32.6 Å². The maximum absolute atomic E-state index is 14.0. The van der Waals surface area contributed by atoms with E-state index >= 15 is 0 Å². The molecule has 0 aliphatic heterocycles. The van der Waals surface area contributed by atoms with Gasteiger partial charge in [0.1, 0.15) is 12.6 Å². The van der Waals surface area contributed by atoms with Crippen molar-refractivity contribution in [1.82, 2.24) is 10.2 Å². The van der Waals surface area contributed by atoms with Crippen LogP contribution in [0.3, 0.4) is 0 Å². The first kappa shape index (κ1) is 29.6. The van der Waals surface area contributed by atoms with E-state index in [2.05, 4.69) is 5.32 Å². The van der Waals surface area contributed by atoms with E-state index in [9.17, 15) is 22.8 Å². The first-order valence-corrected chi connectivity index (χ1v) is 14.7. The second-order valence-electron chi connectivity index (χ2n) is 9.38. The van der Waals surface area contributed by atoms with Crippen molar-refractivity contribution < 1.29 is 22.8 Å². The molecule has 1 N–H and O–H groups in total. The summed E-state index contributed by atoms with van der Waals surface area (Å²) >= 11 is 0. The predicted molar refractivity (Wildman–Crippen MR) is 153 cm³/mol. The van der Waals surface area contributed by atoms with Gasteiger partial charge in [-0.3, -0.25) is 18.7 Å². The summed E-state index contributed by atoms with van der Waals surface area (Å²) in [5.41, 5.74) is 2.20. The van der Waals surface area contributed by atoms with Crippen LogP contribution in [0.2, 0.25) is 0 Å². The fraction of sp³-hybridized carbons (Fsp3) is 0.300. The number of hydrogen-bond acceptors (Lipinski definition) is 5. The standard InChI is InChI=1S/C30H35N3O5S/c1-4-18-31-30(36)28(19-24-12-7-5-8-13-24)32(21-25-14-9-6-10-15-25)29(35)22-33(39(3,37)38)27-17-11-16-26(20-27)23(2)34/h5-17,20,28H,4,18-19,21-22H2,1-3H3,(H,31,36). The van der Waals surface area contributed by atoms with Gasteiger partial charge in [0.15, 0.2) is 5.78 Å². The fourth-order valence-electron chi connectivity index (χ4n) is 4.19. The van der Waals surface area contributed by atoms with Crippen LogP contribution in [0.15, 0.2) is 84.9 Å². The van der Waals surface area contributed by atoms with Crippen molar-refractivity contribution in [3.05, 3.63) is 102 Å². The van der Waals surface area contributed by atoms with Gasteiger partial charge in [-0.25, -0.2) is 8.42 Å². The van der Waals surface area contributed by atoms with Crippen LogP contribution in [0.25, 0.3) is 0 Å². The van der Waals surface area contributed by atoms with Crippen LogP contribution >= 0.6 is 0 Å². The molecule has 9 heteroatoms. The van der Waals surface area contributed by atoms with Gasteiger partial charge in [0.05, 0.1) is 11.9 Å². The van der Waals surface area contributed by atoms with Crippen molar-refractivity contribution in [1.29, 1.82) is 0 Å². The maximum atomic E-state index is 14.0. The largest absolute Gasteiger partial charge is 0.354 e. The molecule has 206 valence electrons. The lowest BCUT2D eigenvalue weighted by atomic mass is 10.0. The van der Waals surface area contributed by atoms with Crippen molar-refractivity contribution in [3.8, 4) is 0 Å². The molecule has 2 amide bonds. The van der Waals surface area contributed by atoms with E-state index in [0.717, 1.165) is 28.1 Å². The number of sulfonamides is 1. The number of hydrogen-bond donors (Lipinski definition) is 1. The highest BCUT2D eigenvalue weighted by molar-refractivity contribution is 7.92. The second kappa shape index (κ2) is 13.7. The lowest BCUT2D eigenvalue weighted by molar-refractivity contribution is -0.140. The molecule has 1 atom stereocenters. The molecule has 0 aliphatic rings. The SMILES string of the molecule is CCCNC(=O)C(Cc1ccccc1)N(Cc1ccccc1)C(=O)CN(c1cccc(C(C)=O)c1)S(C)(=O)=O. The van der Waals surface area contributed by atoms with Crippen LogP contribution in [0.1, 0.15) is 41.8 Å². The molecule has 0 fully saturated rings. The van der Waals surface area contributed by atoms with Gasteiger partial charge < -0.3 is 10.2 Å². The van der Waals surface area contributed by atoms with Gasteiger partial charge in [0.2, 0.25) is 21.8 Å². The lowest BCUT2D eigenvalue weighted by Crippen LogP contribution is -2.53. The summed E-state index contributed by atoms with van der Waals surface area (Å²) in [7, 11) is -3.91. The highest BCUT2D eigenvalue weighted by atomic mass is 32.2. The third-order valence-corrected chi connectivity index (χ3v) is 7.38. The molecule has 0 aliphatic carbocycles. The summed E-state index contributed by atoms with van der Waals surface area (Å²) < 4.78 is 26.7. The molecule has 39 heavy (non-hydrogen) atoms. The zero-order chi connectivity index (χ0) is 28.4. The average molecular weight is 550 g/mol. The minimum atomic E-state index is -3.91. The number of benzene rings is 3. The molecule has 0 saturated heterocycles. The van der Waals surface area contributed by atoms with Gasteiger partial charge in [-0.2, -0.15) is 0 Å². The zero-order valence-corrected chi connectivity index (χ0v) is 23.4. The van der Waals surface area contributed by atoms with Crippen molar-refractivity contribution in [2.45, 2.75) is 39.3 Å². The molecular weight excluding hydrogens is 514 g/mol. The molecule has 0 spiro atoms. The Morgan fingerprint density at radius 1 is 0.872 bits per heavy atom. The number of nitrogens with zero attached hydrogens (tertiary/aromatic N) is 2. The van der Waals surface area contributed by atoms with Crippen molar-refractivity contribution in [2.24, 2.45) is 0 Å². The number of carbonyl (C=O) groups excluding carboxylic acids is 3. The molecule has 3 rings (SSSR count). The summed E-state index contributed by atoms with van der Waals surface area (Å²) in [5, 5.41) is 2.91. The Balaban J connectivity index is 2.04. The molecule has 0 radical (unpaired) electrons. The van der Waals surface area contributed by atoms with Gasteiger partial charge in [0, 0.05) is 25.1 Å². The molecule has 8 nitrogen and oxygen atoms in total. The van der Waals surface area contributed by atoms with E-state index in [0.29, 0.717) is 12.1 Å². The molecule has 0 saturated carbocycles. The first-order valence-electron chi connectivity index (χ1n) is 12.8. The molecule has 0 aromatic heterocycles. The van der Waals surface area contributed by atoms with Crippen LogP contribution in [0.5, 0.6) is 0 Å². The van der Waals surface area contributed by atoms with E-state index < -0.39 is 28.5 Å². The van der Waals surface area contributed by atoms with Gasteiger partial charge >= 0.3 is 0 Å². The minimum absolute atomic E-state index is 0.113. The zero-order valence-electron chi connectivity index (χ0n) is 22.5. The molecule has 1 unspecified atom stereocenters. The molecule has 0 bridgehead atoms.